The lowest BCUT2D eigenvalue weighted by Crippen LogP contribution is -2.00. The van der Waals surface area contributed by atoms with Crippen molar-refractivity contribution in [1.29, 1.82) is 0 Å². The van der Waals surface area contributed by atoms with E-state index in [1.807, 2.05) is 0 Å². The molecule has 49 heavy (non-hydrogen) atoms. The molecule has 0 spiro atoms. The van der Waals surface area contributed by atoms with Crippen LogP contribution in [-0.4, -0.2) is 15.0 Å². The third-order valence-electron chi connectivity index (χ3n) is 6.87. The van der Waals surface area contributed by atoms with Gasteiger partial charge in [0.25, 0.3) is 0 Å². The summed E-state index contributed by atoms with van der Waals surface area (Å²) in [6, 6.07) is -26.0. The fraction of sp³-hybridized carbons (Fsp3) is 0. The molecule has 0 saturated heterocycles. The van der Waals surface area contributed by atoms with Crippen molar-refractivity contribution in [3.8, 4) is 67.5 Å². The monoisotopic (exact) mass is 672 g/mol. The zero-order chi connectivity index (χ0) is 57.8. The van der Waals surface area contributed by atoms with Crippen molar-refractivity contribution in [3.63, 3.8) is 0 Å². The molecule has 0 aliphatic rings. The van der Waals surface area contributed by atoms with Gasteiger partial charge in [0.2, 0.25) is 0 Å². The zero-order valence-electron chi connectivity index (χ0n) is 53.2. The number of hydrogen-bond acceptors (Lipinski definition) is 4. The second-order valence-corrected chi connectivity index (χ2v) is 10.8. The van der Waals surface area contributed by atoms with Gasteiger partial charge < -0.3 is 0 Å². The lowest BCUT2D eigenvalue weighted by atomic mass is 10.0. The van der Waals surface area contributed by atoms with E-state index in [1.165, 1.54) is 0 Å². The minimum absolute atomic E-state index is 0.140. The maximum Gasteiger partial charge on any atom is 0.164 e. The Morgan fingerprint density at radius 2 is 0.776 bits per heavy atom. The summed E-state index contributed by atoms with van der Waals surface area (Å²) >= 11 is 0.619. The predicted octanol–water partition coefficient (Wildman–Crippen LogP) is 12.2. The van der Waals surface area contributed by atoms with Gasteiger partial charge in [-0.15, -0.1) is 11.3 Å². The lowest BCUT2D eigenvalue weighted by Gasteiger charge is -2.11. The molecule has 9 aromatic rings. The molecule has 9 rings (SSSR count). The van der Waals surface area contributed by atoms with Crippen LogP contribution in [-0.2, 0) is 0 Å². The molecule has 0 fully saturated rings. The number of fused-ring (bicyclic) bond motifs is 3. The summed E-state index contributed by atoms with van der Waals surface area (Å²) in [5.41, 5.74) is -6.85. The van der Waals surface area contributed by atoms with Crippen molar-refractivity contribution in [2.45, 2.75) is 0 Å². The summed E-state index contributed by atoms with van der Waals surface area (Å²) in [4.78, 5) is 12.9. The van der Waals surface area contributed by atoms with Gasteiger partial charge >= 0.3 is 0 Å². The van der Waals surface area contributed by atoms with E-state index in [0.717, 1.165) is 0 Å². The van der Waals surface area contributed by atoms with Crippen LogP contribution < -0.4 is 0 Å². The van der Waals surface area contributed by atoms with E-state index in [0.29, 0.717) is 11.3 Å². The maximum atomic E-state index is 9.69. The van der Waals surface area contributed by atoms with Gasteiger partial charge in [0, 0.05) is 36.9 Å². The quantitative estimate of drug-likeness (QED) is 0.176. The summed E-state index contributed by atoms with van der Waals surface area (Å²) < 4.78 is 254. The average molecular weight is 673 g/mol. The first-order valence-corrected chi connectivity index (χ1v) is 14.8. The Kier molecular flexibility index (Phi) is 2.97. The Labute approximate surface area is 329 Å². The molecule has 2 aromatic heterocycles. The third-order valence-corrected chi connectivity index (χ3v) is 7.99. The number of aromatic nitrogens is 3. The maximum absolute atomic E-state index is 9.69. The average Bonchev–Trinajstić information content (AvgIpc) is 4.04. The number of benzene rings is 7. The smallest absolute Gasteiger partial charge is 0.164 e. The van der Waals surface area contributed by atoms with Crippen molar-refractivity contribution in [2.75, 3.05) is 0 Å². The predicted molar refractivity (Wildman–Crippen MR) is 205 cm³/mol. The minimum Gasteiger partial charge on any atom is -0.208 e. The van der Waals surface area contributed by atoms with Crippen LogP contribution in [0, 0.1) is 0 Å². The molecule has 3 nitrogen and oxygen atoms in total. The number of nitrogens with zero attached hydrogens (tertiary/aromatic N) is 3. The first-order chi connectivity index (χ1) is 36.3. The highest BCUT2D eigenvalue weighted by atomic mass is 32.1. The summed E-state index contributed by atoms with van der Waals surface area (Å²) in [6.45, 7) is 0. The Morgan fingerprint density at radius 1 is 0.347 bits per heavy atom. The van der Waals surface area contributed by atoms with E-state index >= 15 is 0 Å². The van der Waals surface area contributed by atoms with Gasteiger partial charge in [0.05, 0.1) is 39.8 Å². The second-order valence-electron chi connectivity index (χ2n) is 9.82. The molecule has 7 aromatic carbocycles. The Balaban J connectivity index is 1.42. The van der Waals surface area contributed by atoms with Crippen LogP contribution in [0.3, 0.4) is 0 Å². The fourth-order valence-electron chi connectivity index (χ4n) is 4.65. The molecule has 0 amide bonds. The fourth-order valence-corrected chi connectivity index (χ4v) is 5.72. The van der Waals surface area contributed by atoms with Crippen LogP contribution in [0.5, 0.6) is 0 Å². The molecular weight excluding hydrogens is 615 g/mol. The minimum atomic E-state index is -1.06. The molecule has 230 valence electrons. The molecule has 0 unspecified atom stereocenters. The number of thiophene rings is 1. The van der Waals surface area contributed by atoms with Crippen LogP contribution in [0.2, 0.25) is 0 Å². The highest BCUT2D eigenvalue weighted by Crippen LogP contribution is 2.40. The Bertz CT molecular complexity index is 4000. The van der Waals surface area contributed by atoms with Gasteiger partial charge in [-0.25, -0.2) is 15.0 Å². The third kappa shape index (κ3) is 5.58. The normalized spacial score (nSPS) is 19.6. The molecule has 4 heteroatoms. The van der Waals surface area contributed by atoms with Crippen molar-refractivity contribution >= 4 is 31.5 Å². The Hall–Kier alpha value is -6.23. The molecular formula is C45H29N3S. The van der Waals surface area contributed by atoms with Crippen LogP contribution in [0.25, 0.3) is 87.7 Å². The highest BCUT2D eigenvalue weighted by Gasteiger charge is 2.15. The summed E-state index contributed by atoms with van der Waals surface area (Å²) in [5.74, 6) is -2.84. The molecule has 0 saturated carbocycles. The van der Waals surface area contributed by atoms with Gasteiger partial charge in [0.1, 0.15) is 0 Å². The van der Waals surface area contributed by atoms with Gasteiger partial charge in [-0.2, -0.15) is 0 Å². The van der Waals surface area contributed by atoms with E-state index in [2.05, 4.69) is 15.0 Å². The molecule has 2 heterocycles. The lowest BCUT2D eigenvalue weighted by molar-refractivity contribution is 1.07. The molecule has 0 radical (unpaired) electrons. The van der Waals surface area contributed by atoms with Crippen molar-refractivity contribution in [3.05, 3.63) is 175 Å². The largest absolute Gasteiger partial charge is 0.208 e. The van der Waals surface area contributed by atoms with Gasteiger partial charge in [0.15, 0.2) is 17.5 Å². The molecule has 0 aliphatic carbocycles. The number of rotatable bonds is 6. The van der Waals surface area contributed by atoms with E-state index < -0.39 is 243 Å². The van der Waals surface area contributed by atoms with Gasteiger partial charge in [-0.3, -0.25) is 0 Å². The van der Waals surface area contributed by atoms with E-state index in [-0.39, 0.29) is 20.2 Å². The SMILES string of the molecule is [2H]c1c([2H])c([2H])c(-c2c([2H])c([2H])c(-c3nc(-c4c([2H])c([2H])c(-c5c([2H])c([2H])c([2H])c([2H])c5[2H])c([2H])c4[2H])nc(-c4c([2H])c([2H])c([2H])c(-c5c([2H])c([2H])c([2H])c6c5sc5c([2H])c([2H])c([2H])c([2H])c56)c4[2H])n3)c([2H])c2[2H])c([2H])c1[2H]. The van der Waals surface area contributed by atoms with Crippen LogP contribution in [0.15, 0.2) is 175 Å². The summed E-state index contributed by atoms with van der Waals surface area (Å²) in [7, 11) is 0. The van der Waals surface area contributed by atoms with Crippen molar-refractivity contribution in [2.24, 2.45) is 0 Å². The first-order valence-electron chi connectivity index (χ1n) is 28.5. The summed E-state index contributed by atoms with van der Waals surface area (Å²) in [5, 5.41) is -0.514. The number of hydrogen-bond donors (Lipinski definition) is 0. The Morgan fingerprint density at radius 3 is 1.39 bits per heavy atom. The van der Waals surface area contributed by atoms with Gasteiger partial charge in [-0.1, -0.05) is 163 Å². The summed E-state index contributed by atoms with van der Waals surface area (Å²) in [6.07, 6.45) is 0. The topological polar surface area (TPSA) is 38.7 Å². The van der Waals surface area contributed by atoms with E-state index in [4.69, 9.17) is 31.5 Å². The van der Waals surface area contributed by atoms with Crippen molar-refractivity contribution < 1.29 is 39.8 Å². The molecule has 0 aliphatic heterocycles. The molecule has 0 N–H and O–H groups in total. The van der Waals surface area contributed by atoms with Crippen LogP contribution in [0.4, 0.5) is 0 Å². The van der Waals surface area contributed by atoms with Crippen molar-refractivity contribution in [1.82, 2.24) is 15.0 Å². The molecule has 0 atom stereocenters. The van der Waals surface area contributed by atoms with E-state index in [9.17, 15) is 8.22 Å². The van der Waals surface area contributed by atoms with Crippen LogP contribution in [0.1, 0.15) is 39.8 Å². The first kappa shape index (κ1) is 11.7. The standard InChI is InChI=1S/C45H29N3S/c1-3-11-30(12-4-1)32-21-25-34(26-22-32)43-46-44(35-27-23-33(24-28-35)31-13-5-2-6-14-31)48-45(47-43)37-16-9-15-36(29-37)38-18-10-19-40-39-17-7-8-20-41(39)49-42(38)40/h1-29H/i1D,2D,3D,4D,5D,6D,7D,8D,9D,10D,11D,12D,13D,14D,15D,16D,17D,18D,19D,20D,21D,22D,23D,24D,25D,26D,27D,28D,29D. The highest BCUT2D eigenvalue weighted by molar-refractivity contribution is 7.26. The van der Waals surface area contributed by atoms with E-state index in [1.54, 1.807) is 0 Å². The van der Waals surface area contributed by atoms with Crippen LogP contribution >= 0.6 is 11.3 Å². The second kappa shape index (κ2) is 12.4. The zero-order valence-corrected chi connectivity index (χ0v) is 25.1. The molecule has 0 bridgehead atoms. The van der Waals surface area contributed by atoms with Gasteiger partial charge in [-0.05, 0) is 45.5 Å².